The standard InChI is InChI=1S/C18H27N3O2/c1-2-15-12-14(5-8-19-15)18(23)20-10-6-16(7-11-20)21-9-3-4-17(22)13-21/h5,8,12,16-17,22H,2-4,6-7,9-11,13H2,1H3. The number of aromatic nitrogens is 1. The number of hydrogen-bond acceptors (Lipinski definition) is 4. The number of aliphatic hydroxyl groups is 1. The molecule has 2 fully saturated rings. The molecule has 2 saturated heterocycles. The van der Waals surface area contributed by atoms with Gasteiger partial charge in [0.2, 0.25) is 0 Å². The fraction of sp³-hybridized carbons (Fsp3) is 0.667. The van der Waals surface area contributed by atoms with Gasteiger partial charge in [-0.2, -0.15) is 0 Å². The molecule has 0 bridgehead atoms. The van der Waals surface area contributed by atoms with Gasteiger partial charge >= 0.3 is 0 Å². The smallest absolute Gasteiger partial charge is 0.253 e. The third-order valence-corrected chi connectivity index (χ3v) is 5.12. The lowest BCUT2D eigenvalue weighted by molar-refractivity contribution is 0.0240. The van der Waals surface area contributed by atoms with E-state index >= 15 is 0 Å². The number of nitrogens with zero attached hydrogens (tertiary/aromatic N) is 3. The number of carbonyl (C=O) groups excluding carboxylic acids is 1. The molecular formula is C18H27N3O2. The van der Waals surface area contributed by atoms with Crippen molar-refractivity contribution in [2.45, 2.75) is 51.2 Å². The van der Waals surface area contributed by atoms with Crippen LogP contribution >= 0.6 is 0 Å². The summed E-state index contributed by atoms with van der Waals surface area (Å²) in [6, 6.07) is 4.24. The Morgan fingerprint density at radius 3 is 2.78 bits per heavy atom. The average molecular weight is 317 g/mol. The second-order valence-electron chi connectivity index (χ2n) is 6.70. The van der Waals surface area contributed by atoms with Crippen molar-refractivity contribution < 1.29 is 9.90 Å². The molecule has 0 radical (unpaired) electrons. The molecule has 1 unspecified atom stereocenters. The highest BCUT2D eigenvalue weighted by Gasteiger charge is 2.29. The van der Waals surface area contributed by atoms with Crippen molar-refractivity contribution in [1.82, 2.24) is 14.8 Å². The van der Waals surface area contributed by atoms with E-state index in [1.54, 1.807) is 6.20 Å². The lowest BCUT2D eigenvalue weighted by Crippen LogP contribution is -2.50. The first-order valence-corrected chi connectivity index (χ1v) is 8.83. The minimum Gasteiger partial charge on any atom is -0.392 e. The highest BCUT2D eigenvalue weighted by Crippen LogP contribution is 2.22. The maximum atomic E-state index is 12.6. The van der Waals surface area contributed by atoms with Crippen LogP contribution in [0.4, 0.5) is 0 Å². The van der Waals surface area contributed by atoms with Crippen LogP contribution in [0.1, 0.15) is 48.7 Å². The Hall–Kier alpha value is -1.46. The third kappa shape index (κ3) is 3.90. The predicted molar refractivity (Wildman–Crippen MR) is 89.4 cm³/mol. The van der Waals surface area contributed by atoms with Crippen molar-refractivity contribution in [3.63, 3.8) is 0 Å². The monoisotopic (exact) mass is 317 g/mol. The van der Waals surface area contributed by atoms with Gasteiger partial charge in [0, 0.05) is 43.1 Å². The molecule has 0 saturated carbocycles. The molecule has 1 amide bonds. The predicted octanol–water partition coefficient (Wildman–Crippen LogP) is 1.71. The molecular weight excluding hydrogens is 290 g/mol. The van der Waals surface area contributed by atoms with Crippen LogP contribution in [0.15, 0.2) is 18.3 Å². The van der Waals surface area contributed by atoms with E-state index in [4.69, 9.17) is 0 Å². The van der Waals surface area contributed by atoms with Crippen molar-refractivity contribution in [3.05, 3.63) is 29.6 Å². The summed E-state index contributed by atoms with van der Waals surface area (Å²) in [6.07, 6.45) is 6.42. The van der Waals surface area contributed by atoms with Gasteiger partial charge in [-0.25, -0.2) is 0 Å². The Balaban J connectivity index is 1.56. The second-order valence-corrected chi connectivity index (χ2v) is 6.70. The molecule has 5 nitrogen and oxygen atoms in total. The molecule has 3 rings (SSSR count). The topological polar surface area (TPSA) is 56.7 Å². The van der Waals surface area contributed by atoms with Gasteiger partial charge in [0.25, 0.3) is 5.91 Å². The highest BCUT2D eigenvalue weighted by molar-refractivity contribution is 5.94. The molecule has 1 aromatic rings. The van der Waals surface area contributed by atoms with Gasteiger partial charge < -0.3 is 10.0 Å². The van der Waals surface area contributed by atoms with Crippen LogP contribution in [0.2, 0.25) is 0 Å². The van der Waals surface area contributed by atoms with Crippen LogP contribution in [-0.4, -0.2) is 64.1 Å². The highest BCUT2D eigenvalue weighted by atomic mass is 16.3. The lowest BCUT2D eigenvalue weighted by atomic mass is 9.98. The maximum absolute atomic E-state index is 12.6. The van der Waals surface area contributed by atoms with Crippen LogP contribution in [0.5, 0.6) is 0 Å². The van der Waals surface area contributed by atoms with Crippen molar-refractivity contribution in [2.24, 2.45) is 0 Å². The first kappa shape index (κ1) is 16.4. The van der Waals surface area contributed by atoms with Gasteiger partial charge in [-0.15, -0.1) is 0 Å². The number of carbonyl (C=O) groups is 1. The fourth-order valence-electron chi connectivity index (χ4n) is 3.74. The number of aryl methyl sites for hydroxylation is 1. The number of pyridine rings is 1. The molecule has 1 N–H and O–H groups in total. The van der Waals surface area contributed by atoms with Crippen molar-refractivity contribution in [1.29, 1.82) is 0 Å². The Kier molecular flexibility index (Phi) is 5.28. The van der Waals surface area contributed by atoms with Gasteiger partial charge in [0.05, 0.1) is 6.10 Å². The van der Waals surface area contributed by atoms with E-state index in [0.29, 0.717) is 6.04 Å². The van der Waals surface area contributed by atoms with Crippen molar-refractivity contribution >= 4 is 5.91 Å². The molecule has 23 heavy (non-hydrogen) atoms. The summed E-state index contributed by atoms with van der Waals surface area (Å²) in [5.74, 6) is 0.124. The molecule has 3 heterocycles. The Morgan fingerprint density at radius 1 is 1.30 bits per heavy atom. The number of β-amino-alcohol motifs (C(OH)–C–C–N with tert-alkyl or cyclic N) is 1. The average Bonchev–Trinajstić information content (AvgIpc) is 2.61. The number of amides is 1. The summed E-state index contributed by atoms with van der Waals surface area (Å²) in [4.78, 5) is 21.3. The number of likely N-dealkylation sites (tertiary alicyclic amines) is 2. The lowest BCUT2D eigenvalue weighted by Gasteiger charge is -2.41. The van der Waals surface area contributed by atoms with Gasteiger partial charge in [0.15, 0.2) is 0 Å². The van der Waals surface area contributed by atoms with E-state index in [1.165, 1.54) is 0 Å². The summed E-state index contributed by atoms with van der Waals surface area (Å²) < 4.78 is 0. The summed E-state index contributed by atoms with van der Waals surface area (Å²) in [7, 11) is 0. The summed E-state index contributed by atoms with van der Waals surface area (Å²) in [5, 5.41) is 9.84. The van der Waals surface area contributed by atoms with Crippen molar-refractivity contribution in [2.75, 3.05) is 26.2 Å². The van der Waals surface area contributed by atoms with Crippen LogP contribution in [0.25, 0.3) is 0 Å². The quantitative estimate of drug-likeness (QED) is 0.922. The molecule has 2 aliphatic heterocycles. The molecule has 0 aliphatic carbocycles. The minimum absolute atomic E-state index is 0.124. The summed E-state index contributed by atoms with van der Waals surface area (Å²) >= 11 is 0. The molecule has 126 valence electrons. The van der Waals surface area contributed by atoms with E-state index in [1.807, 2.05) is 17.0 Å². The molecule has 0 spiro atoms. The van der Waals surface area contributed by atoms with E-state index < -0.39 is 0 Å². The zero-order valence-corrected chi connectivity index (χ0v) is 13.9. The van der Waals surface area contributed by atoms with Gasteiger partial charge in [-0.05, 0) is 50.8 Å². The van der Waals surface area contributed by atoms with Gasteiger partial charge in [0.1, 0.15) is 0 Å². The molecule has 1 atom stereocenters. The van der Waals surface area contributed by atoms with E-state index in [9.17, 15) is 9.90 Å². The second kappa shape index (κ2) is 7.41. The van der Waals surface area contributed by atoms with E-state index in [-0.39, 0.29) is 12.0 Å². The van der Waals surface area contributed by atoms with Gasteiger partial charge in [-0.3, -0.25) is 14.7 Å². The zero-order chi connectivity index (χ0) is 16.2. The van der Waals surface area contributed by atoms with Crippen molar-refractivity contribution in [3.8, 4) is 0 Å². The van der Waals surface area contributed by atoms with E-state index in [2.05, 4.69) is 16.8 Å². The molecule has 1 aromatic heterocycles. The van der Waals surface area contributed by atoms with Crippen LogP contribution in [-0.2, 0) is 6.42 Å². The number of piperidine rings is 2. The van der Waals surface area contributed by atoms with Crippen LogP contribution in [0.3, 0.4) is 0 Å². The Labute approximate surface area is 138 Å². The first-order valence-electron chi connectivity index (χ1n) is 8.83. The number of aliphatic hydroxyl groups excluding tert-OH is 1. The Bertz CT molecular complexity index is 541. The SMILES string of the molecule is CCc1cc(C(=O)N2CCC(N3CCCC(O)C3)CC2)ccn1. The summed E-state index contributed by atoms with van der Waals surface area (Å²) in [5.41, 5.74) is 1.72. The number of hydrogen-bond donors (Lipinski definition) is 1. The number of rotatable bonds is 3. The van der Waals surface area contributed by atoms with Gasteiger partial charge in [-0.1, -0.05) is 6.92 Å². The minimum atomic E-state index is -0.173. The summed E-state index contributed by atoms with van der Waals surface area (Å²) in [6.45, 7) is 5.54. The molecule has 2 aliphatic rings. The zero-order valence-electron chi connectivity index (χ0n) is 13.9. The normalized spacial score (nSPS) is 23.9. The van der Waals surface area contributed by atoms with E-state index in [0.717, 1.165) is 69.5 Å². The van der Waals surface area contributed by atoms with Crippen LogP contribution < -0.4 is 0 Å². The fourth-order valence-corrected chi connectivity index (χ4v) is 3.74. The largest absolute Gasteiger partial charge is 0.392 e. The Morgan fingerprint density at radius 2 is 2.09 bits per heavy atom. The first-order chi connectivity index (χ1) is 11.2. The maximum Gasteiger partial charge on any atom is 0.253 e. The molecule has 5 heteroatoms. The third-order valence-electron chi connectivity index (χ3n) is 5.12. The van der Waals surface area contributed by atoms with Crippen LogP contribution in [0, 0.1) is 0 Å². The molecule has 0 aromatic carbocycles.